The van der Waals surface area contributed by atoms with Crippen LogP contribution in [0.5, 0.6) is 0 Å². The molecule has 2 aromatic carbocycles. The van der Waals surface area contributed by atoms with Crippen molar-refractivity contribution in [1.82, 2.24) is 0 Å². The highest BCUT2D eigenvalue weighted by Gasteiger charge is 2.19. The third kappa shape index (κ3) is 1.21. The van der Waals surface area contributed by atoms with Crippen molar-refractivity contribution in [2.75, 3.05) is 0 Å². The van der Waals surface area contributed by atoms with Gasteiger partial charge in [0.25, 0.3) is 0 Å². The molecule has 0 spiro atoms. The summed E-state index contributed by atoms with van der Waals surface area (Å²) >= 11 is 0. The lowest BCUT2D eigenvalue weighted by Crippen LogP contribution is -2.07. The summed E-state index contributed by atoms with van der Waals surface area (Å²) in [5.41, 5.74) is 11.9. The Morgan fingerprint density at radius 1 is 1.06 bits per heavy atom. The highest BCUT2D eigenvalue weighted by Crippen LogP contribution is 2.27. The summed E-state index contributed by atoms with van der Waals surface area (Å²) < 4.78 is 0. The van der Waals surface area contributed by atoms with Crippen LogP contribution < -0.4 is 0 Å². The second-order valence-electron chi connectivity index (χ2n) is 3.90. The lowest BCUT2D eigenvalue weighted by Gasteiger charge is -2.09. The van der Waals surface area contributed by atoms with E-state index in [1.165, 1.54) is 10.8 Å². The fraction of sp³-hybridized carbons (Fsp3) is 0.0714. The molecule has 0 heterocycles. The van der Waals surface area contributed by atoms with Crippen LogP contribution in [-0.2, 0) is 0 Å². The number of nitrogens with zero attached hydrogens (tertiary/aromatic N) is 2. The molecule has 0 saturated carbocycles. The zero-order chi connectivity index (χ0) is 11.0. The van der Waals surface area contributed by atoms with Crippen LogP contribution in [0.15, 0.2) is 42.5 Å². The van der Waals surface area contributed by atoms with Crippen molar-refractivity contribution in [3.05, 3.63) is 59.1 Å². The molecule has 2 heteroatoms. The maximum absolute atomic E-state index is 8.96. The van der Waals surface area contributed by atoms with Gasteiger partial charge >= 0.3 is 5.71 Å². The normalized spacial score (nSPS) is 13.6. The maximum atomic E-state index is 8.96. The third-order valence-corrected chi connectivity index (χ3v) is 3.00. The summed E-state index contributed by atoms with van der Waals surface area (Å²) in [5, 5.41) is 2.42. The first-order valence-electron chi connectivity index (χ1n) is 5.30. The average Bonchev–Trinajstić information content (AvgIpc) is 2.37. The first-order valence-corrected chi connectivity index (χ1v) is 5.30. The topological polar surface area (TPSA) is 36.4 Å². The molecule has 0 atom stereocenters. The molecule has 2 aromatic rings. The minimum absolute atomic E-state index is 0.696. The molecule has 0 radical (unpaired) electrons. The van der Waals surface area contributed by atoms with Crippen LogP contribution in [0.25, 0.3) is 22.4 Å². The van der Waals surface area contributed by atoms with E-state index in [9.17, 15) is 0 Å². The Bertz CT molecular complexity index is 647. The third-order valence-electron chi connectivity index (χ3n) is 3.00. The molecule has 0 amide bonds. The number of allylic oxidation sites excluding steroid dienone is 1. The van der Waals surface area contributed by atoms with Crippen LogP contribution in [0.2, 0.25) is 0 Å². The molecule has 1 aliphatic carbocycles. The standard InChI is InChI=1S/C14H10N2/c15-16-14-7-3-6-12-11-5-2-1-4-10(11)8-9-13(12)14/h1-6,8-9H,7H2. The van der Waals surface area contributed by atoms with Gasteiger partial charge in [0, 0.05) is 0 Å². The summed E-state index contributed by atoms with van der Waals surface area (Å²) in [6.45, 7) is 0. The van der Waals surface area contributed by atoms with Gasteiger partial charge in [-0.25, -0.2) is 0 Å². The lowest BCUT2D eigenvalue weighted by molar-refractivity contribution is -0.00605. The molecule has 1 aliphatic rings. The van der Waals surface area contributed by atoms with E-state index in [2.05, 4.69) is 29.1 Å². The molecule has 0 unspecified atom stereocenters. The van der Waals surface area contributed by atoms with Crippen LogP contribution in [0, 0.1) is 0 Å². The largest absolute Gasteiger partial charge is 0.361 e. The number of fused-ring (bicyclic) bond motifs is 3. The first-order chi connectivity index (χ1) is 7.90. The van der Waals surface area contributed by atoms with Gasteiger partial charge in [-0.15, -0.1) is 0 Å². The Labute approximate surface area is 93.5 Å². The molecule has 0 bridgehead atoms. The monoisotopic (exact) mass is 206 g/mol. The molecule has 0 N–H and O–H groups in total. The van der Waals surface area contributed by atoms with Crippen LogP contribution in [-0.4, -0.2) is 10.5 Å². The smallest absolute Gasteiger partial charge is 0.303 e. The van der Waals surface area contributed by atoms with Crippen LogP contribution in [0.3, 0.4) is 0 Å². The summed E-state index contributed by atoms with van der Waals surface area (Å²) in [6, 6.07) is 12.3. The molecule has 16 heavy (non-hydrogen) atoms. The van der Waals surface area contributed by atoms with E-state index in [1.807, 2.05) is 24.3 Å². The quantitative estimate of drug-likeness (QED) is 0.468. The Morgan fingerprint density at radius 2 is 1.94 bits per heavy atom. The summed E-state index contributed by atoms with van der Waals surface area (Å²) in [5.74, 6) is 0. The predicted octanol–water partition coefficient (Wildman–Crippen LogP) is 3.28. The van der Waals surface area contributed by atoms with Crippen molar-refractivity contribution >= 4 is 22.6 Å². The van der Waals surface area contributed by atoms with Gasteiger partial charge in [-0.1, -0.05) is 42.5 Å². The SMILES string of the molecule is [N-]=[N+]=C1CC=Cc2c1ccc1ccccc21. The second kappa shape index (κ2) is 3.44. The van der Waals surface area contributed by atoms with Gasteiger partial charge in [0.1, 0.15) is 0 Å². The molecule has 3 rings (SSSR count). The van der Waals surface area contributed by atoms with Crippen molar-refractivity contribution in [3.63, 3.8) is 0 Å². The van der Waals surface area contributed by atoms with Crippen molar-refractivity contribution in [1.29, 1.82) is 0 Å². The number of benzene rings is 2. The van der Waals surface area contributed by atoms with E-state index >= 15 is 0 Å². The van der Waals surface area contributed by atoms with Gasteiger partial charge in [0.2, 0.25) is 0 Å². The molecule has 0 fully saturated rings. The highest BCUT2D eigenvalue weighted by atomic mass is 14.9. The van der Waals surface area contributed by atoms with E-state index < -0.39 is 0 Å². The minimum Gasteiger partial charge on any atom is -0.361 e. The van der Waals surface area contributed by atoms with Crippen LogP contribution >= 0.6 is 0 Å². The summed E-state index contributed by atoms with van der Waals surface area (Å²) in [6.07, 6.45) is 4.83. The van der Waals surface area contributed by atoms with Crippen LogP contribution in [0.4, 0.5) is 0 Å². The molecular formula is C14H10N2. The van der Waals surface area contributed by atoms with E-state index in [0.29, 0.717) is 6.42 Å². The van der Waals surface area contributed by atoms with Gasteiger partial charge in [-0.3, -0.25) is 0 Å². The van der Waals surface area contributed by atoms with E-state index in [-0.39, 0.29) is 0 Å². The molecular weight excluding hydrogens is 196 g/mol. The van der Waals surface area contributed by atoms with Crippen molar-refractivity contribution in [3.8, 4) is 0 Å². The second-order valence-corrected chi connectivity index (χ2v) is 3.90. The Balaban J connectivity index is 2.44. The number of hydrogen-bond acceptors (Lipinski definition) is 0. The maximum Gasteiger partial charge on any atom is 0.303 e. The summed E-state index contributed by atoms with van der Waals surface area (Å²) in [4.78, 5) is 3.36. The van der Waals surface area contributed by atoms with Gasteiger partial charge in [0.05, 0.1) is 12.0 Å². The van der Waals surface area contributed by atoms with Crippen molar-refractivity contribution < 1.29 is 4.79 Å². The molecule has 0 aromatic heterocycles. The van der Waals surface area contributed by atoms with Gasteiger partial charge in [0.15, 0.2) is 0 Å². The van der Waals surface area contributed by atoms with E-state index in [0.717, 1.165) is 16.8 Å². The highest BCUT2D eigenvalue weighted by molar-refractivity contribution is 6.08. The fourth-order valence-corrected chi connectivity index (χ4v) is 2.22. The minimum atomic E-state index is 0.696. The Hall–Kier alpha value is -2.18. The fourth-order valence-electron chi connectivity index (χ4n) is 2.22. The van der Waals surface area contributed by atoms with Gasteiger partial charge in [-0.05, 0) is 22.4 Å². The molecule has 0 saturated heterocycles. The zero-order valence-corrected chi connectivity index (χ0v) is 8.72. The van der Waals surface area contributed by atoms with Crippen molar-refractivity contribution in [2.24, 2.45) is 0 Å². The first kappa shape index (κ1) is 9.08. The Morgan fingerprint density at radius 3 is 2.81 bits per heavy atom. The Kier molecular flexibility index (Phi) is 1.95. The van der Waals surface area contributed by atoms with Gasteiger partial charge < -0.3 is 5.53 Å². The van der Waals surface area contributed by atoms with Crippen molar-refractivity contribution in [2.45, 2.75) is 6.42 Å². The summed E-state index contributed by atoms with van der Waals surface area (Å²) in [7, 11) is 0. The van der Waals surface area contributed by atoms with E-state index in [1.54, 1.807) is 0 Å². The molecule has 76 valence electrons. The number of rotatable bonds is 0. The van der Waals surface area contributed by atoms with Crippen LogP contribution in [0.1, 0.15) is 17.5 Å². The lowest BCUT2D eigenvalue weighted by atomic mass is 9.91. The molecule has 2 nitrogen and oxygen atoms in total. The van der Waals surface area contributed by atoms with E-state index in [4.69, 9.17) is 5.53 Å². The average molecular weight is 206 g/mol. The zero-order valence-electron chi connectivity index (χ0n) is 8.72. The number of hydrogen-bond donors (Lipinski definition) is 0. The van der Waals surface area contributed by atoms with Gasteiger partial charge in [-0.2, -0.15) is 4.79 Å². The predicted molar refractivity (Wildman–Crippen MR) is 65.3 cm³/mol. The molecule has 0 aliphatic heterocycles.